The van der Waals surface area contributed by atoms with E-state index < -0.39 is 11.6 Å². The zero-order valence-corrected chi connectivity index (χ0v) is 17.7. The monoisotopic (exact) mass is 418 g/mol. The molecule has 0 N–H and O–H groups in total. The van der Waals surface area contributed by atoms with E-state index >= 15 is 0 Å². The van der Waals surface area contributed by atoms with Gasteiger partial charge >= 0.3 is 0 Å². The molecule has 3 nitrogen and oxygen atoms in total. The number of thioether (sulfide) groups is 1. The number of carbonyl (C=O) groups excluding carboxylic acids is 1. The zero-order chi connectivity index (χ0) is 20.4. The van der Waals surface area contributed by atoms with Gasteiger partial charge in [-0.3, -0.25) is 9.69 Å². The van der Waals surface area contributed by atoms with Gasteiger partial charge in [-0.25, -0.2) is 13.8 Å². The van der Waals surface area contributed by atoms with Gasteiger partial charge in [0.25, 0.3) is 0 Å². The SMILES string of the molecule is CC(=O)N(c1nc(CSc2ccc(F)cc2F)cs1)c1c(C)cc(C)cc1C. The lowest BCUT2D eigenvalue weighted by molar-refractivity contribution is -0.115. The molecule has 0 aliphatic carbocycles. The van der Waals surface area contributed by atoms with Crippen LogP contribution in [0.2, 0.25) is 0 Å². The molecule has 146 valence electrons. The molecule has 0 spiro atoms. The lowest BCUT2D eigenvalue weighted by atomic mass is 10.0. The van der Waals surface area contributed by atoms with Gasteiger partial charge in [0.1, 0.15) is 11.6 Å². The summed E-state index contributed by atoms with van der Waals surface area (Å²) in [5.41, 5.74) is 4.73. The van der Waals surface area contributed by atoms with Crippen LogP contribution in [0.25, 0.3) is 0 Å². The predicted octanol–water partition coefficient (Wildman–Crippen LogP) is 6.32. The Morgan fingerprint density at radius 3 is 2.43 bits per heavy atom. The Labute approximate surface area is 171 Å². The molecule has 0 aliphatic rings. The van der Waals surface area contributed by atoms with Crippen LogP contribution in [-0.2, 0) is 10.5 Å². The largest absolute Gasteiger partial charge is 0.274 e. The van der Waals surface area contributed by atoms with E-state index in [1.807, 2.05) is 38.3 Å². The number of rotatable bonds is 5. The molecule has 0 aliphatic heterocycles. The van der Waals surface area contributed by atoms with E-state index in [4.69, 9.17) is 0 Å². The van der Waals surface area contributed by atoms with Crippen molar-refractivity contribution in [2.24, 2.45) is 0 Å². The number of halogens is 2. The van der Waals surface area contributed by atoms with Crippen molar-refractivity contribution in [3.8, 4) is 0 Å². The van der Waals surface area contributed by atoms with Crippen LogP contribution in [0.3, 0.4) is 0 Å². The molecule has 0 saturated heterocycles. The fourth-order valence-corrected chi connectivity index (χ4v) is 4.91. The fraction of sp³-hybridized carbons (Fsp3) is 0.238. The molecule has 1 heterocycles. The number of nitrogens with zero attached hydrogens (tertiary/aromatic N) is 2. The molecule has 1 amide bonds. The predicted molar refractivity (Wildman–Crippen MR) is 112 cm³/mol. The van der Waals surface area contributed by atoms with E-state index in [1.54, 1.807) is 4.90 Å². The van der Waals surface area contributed by atoms with E-state index in [1.165, 1.54) is 42.2 Å². The number of carbonyl (C=O) groups is 1. The lowest BCUT2D eigenvalue weighted by Gasteiger charge is -2.23. The number of thiazole rings is 1. The van der Waals surface area contributed by atoms with Gasteiger partial charge in [0.15, 0.2) is 5.13 Å². The molecule has 3 rings (SSSR count). The third-order valence-corrected chi connectivity index (χ3v) is 6.13. The number of amides is 1. The molecule has 1 aromatic heterocycles. The van der Waals surface area contributed by atoms with Crippen LogP contribution in [0.15, 0.2) is 40.6 Å². The highest BCUT2D eigenvalue weighted by Crippen LogP contribution is 2.35. The standard InChI is InChI=1S/C21H20F2N2OS2/c1-12-7-13(2)20(14(3)8-12)25(15(4)26)21-24-17(11-28-21)10-27-19-6-5-16(22)9-18(19)23/h5-9,11H,10H2,1-4H3. The highest BCUT2D eigenvalue weighted by molar-refractivity contribution is 7.98. The smallest absolute Gasteiger partial charge is 0.230 e. The Bertz CT molecular complexity index is 1010. The van der Waals surface area contributed by atoms with E-state index in [2.05, 4.69) is 4.98 Å². The third-order valence-electron chi connectivity index (χ3n) is 4.17. The van der Waals surface area contributed by atoms with Crippen LogP contribution in [0, 0.1) is 32.4 Å². The number of benzene rings is 2. The Morgan fingerprint density at radius 1 is 1.14 bits per heavy atom. The van der Waals surface area contributed by atoms with Crippen molar-refractivity contribution in [2.45, 2.75) is 38.3 Å². The molecule has 0 unspecified atom stereocenters. The first-order valence-electron chi connectivity index (χ1n) is 8.67. The molecule has 0 radical (unpaired) electrons. The number of aryl methyl sites for hydroxylation is 3. The van der Waals surface area contributed by atoms with Gasteiger partial charge < -0.3 is 0 Å². The number of hydrogen-bond donors (Lipinski definition) is 0. The van der Waals surface area contributed by atoms with Crippen LogP contribution in [0.1, 0.15) is 29.3 Å². The summed E-state index contributed by atoms with van der Waals surface area (Å²) in [4.78, 5) is 19.0. The van der Waals surface area contributed by atoms with Crippen molar-refractivity contribution in [1.82, 2.24) is 4.98 Å². The second kappa shape index (κ2) is 8.41. The van der Waals surface area contributed by atoms with E-state index in [-0.39, 0.29) is 5.91 Å². The Balaban J connectivity index is 1.85. The minimum Gasteiger partial charge on any atom is -0.274 e. The topological polar surface area (TPSA) is 33.2 Å². The van der Waals surface area contributed by atoms with Gasteiger partial charge in [-0.05, 0) is 44.0 Å². The van der Waals surface area contributed by atoms with Gasteiger partial charge in [-0.15, -0.1) is 23.1 Å². The van der Waals surface area contributed by atoms with Crippen LogP contribution in [-0.4, -0.2) is 10.9 Å². The summed E-state index contributed by atoms with van der Waals surface area (Å²) >= 11 is 2.62. The molecule has 0 bridgehead atoms. The maximum atomic E-state index is 13.8. The van der Waals surface area contributed by atoms with Crippen LogP contribution in [0.4, 0.5) is 19.6 Å². The van der Waals surface area contributed by atoms with Crippen molar-refractivity contribution in [2.75, 3.05) is 4.90 Å². The molecular formula is C21H20F2N2OS2. The van der Waals surface area contributed by atoms with Crippen molar-refractivity contribution < 1.29 is 13.6 Å². The summed E-state index contributed by atoms with van der Waals surface area (Å²) in [7, 11) is 0. The van der Waals surface area contributed by atoms with Crippen LogP contribution in [0.5, 0.6) is 0 Å². The summed E-state index contributed by atoms with van der Waals surface area (Å²) in [5, 5.41) is 2.44. The van der Waals surface area contributed by atoms with Crippen LogP contribution >= 0.6 is 23.1 Å². The highest BCUT2D eigenvalue weighted by Gasteiger charge is 2.22. The van der Waals surface area contributed by atoms with Gasteiger partial charge in [0.05, 0.1) is 11.4 Å². The molecule has 28 heavy (non-hydrogen) atoms. The number of hydrogen-bond acceptors (Lipinski definition) is 4. The molecule has 7 heteroatoms. The summed E-state index contributed by atoms with van der Waals surface area (Å²) < 4.78 is 26.8. The summed E-state index contributed by atoms with van der Waals surface area (Å²) in [6.07, 6.45) is 0. The second-order valence-electron chi connectivity index (χ2n) is 6.59. The first kappa shape index (κ1) is 20.5. The molecular weight excluding hydrogens is 398 g/mol. The summed E-state index contributed by atoms with van der Waals surface area (Å²) in [5.74, 6) is -0.875. The van der Waals surface area contributed by atoms with Crippen molar-refractivity contribution >= 4 is 39.8 Å². The first-order chi connectivity index (χ1) is 13.3. The maximum Gasteiger partial charge on any atom is 0.230 e. The van der Waals surface area contributed by atoms with Crippen molar-refractivity contribution in [3.63, 3.8) is 0 Å². The summed E-state index contributed by atoms with van der Waals surface area (Å²) in [6, 6.07) is 7.61. The van der Waals surface area contributed by atoms with E-state index in [0.29, 0.717) is 15.8 Å². The van der Waals surface area contributed by atoms with Gasteiger partial charge in [0.2, 0.25) is 5.91 Å². The van der Waals surface area contributed by atoms with Gasteiger partial charge in [0, 0.05) is 29.0 Å². The second-order valence-corrected chi connectivity index (χ2v) is 8.44. The van der Waals surface area contributed by atoms with Gasteiger partial charge in [-0.2, -0.15) is 0 Å². The van der Waals surface area contributed by atoms with E-state index in [0.717, 1.165) is 34.1 Å². The molecule has 0 fully saturated rings. The molecule has 0 atom stereocenters. The minimum absolute atomic E-state index is 0.117. The van der Waals surface area contributed by atoms with E-state index in [9.17, 15) is 13.6 Å². The van der Waals surface area contributed by atoms with Crippen LogP contribution < -0.4 is 4.90 Å². The fourth-order valence-electron chi connectivity index (χ4n) is 3.12. The molecule has 0 saturated carbocycles. The Hall–Kier alpha value is -2.25. The number of anilines is 2. The van der Waals surface area contributed by atoms with Gasteiger partial charge in [-0.1, -0.05) is 17.7 Å². The molecule has 2 aromatic carbocycles. The lowest BCUT2D eigenvalue weighted by Crippen LogP contribution is -2.24. The number of aromatic nitrogens is 1. The van der Waals surface area contributed by atoms with Crippen molar-refractivity contribution in [3.05, 3.63) is 69.7 Å². The highest BCUT2D eigenvalue weighted by atomic mass is 32.2. The Kier molecular flexibility index (Phi) is 6.15. The van der Waals surface area contributed by atoms with Crippen molar-refractivity contribution in [1.29, 1.82) is 0 Å². The average molecular weight is 419 g/mol. The minimum atomic E-state index is -0.598. The first-order valence-corrected chi connectivity index (χ1v) is 10.5. The zero-order valence-electron chi connectivity index (χ0n) is 16.0. The quantitative estimate of drug-likeness (QED) is 0.454. The summed E-state index contributed by atoms with van der Waals surface area (Å²) in [6.45, 7) is 7.50. The maximum absolute atomic E-state index is 13.8. The third kappa shape index (κ3) is 4.42. The Morgan fingerprint density at radius 2 is 1.82 bits per heavy atom. The molecule has 3 aromatic rings. The average Bonchev–Trinajstić information content (AvgIpc) is 3.05. The normalized spacial score (nSPS) is 10.9.